The molecule has 0 N–H and O–H groups in total. The summed E-state index contributed by atoms with van der Waals surface area (Å²) in [5.41, 5.74) is 1.71. The van der Waals surface area contributed by atoms with Gasteiger partial charge in [-0.2, -0.15) is 0 Å². The second-order valence-electron chi connectivity index (χ2n) is 4.27. The molecule has 0 fully saturated rings. The SMILES string of the molecule is COC(=O)C(C)Cc1ccc2ccc(Cl)cc2n1. The van der Waals surface area contributed by atoms with Crippen LogP contribution in [0.5, 0.6) is 0 Å². The number of aromatic nitrogens is 1. The van der Waals surface area contributed by atoms with E-state index in [0.717, 1.165) is 16.6 Å². The van der Waals surface area contributed by atoms with Gasteiger partial charge in [-0.1, -0.05) is 30.7 Å². The van der Waals surface area contributed by atoms with E-state index in [2.05, 4.69) is 4.98 Å². The van der Waals surface area contributed by atoms with E-state index < -0.39 is 0 Å². The number of nitrogens with zero attached hydrogens (tertiary/aromatic N) is 1. The third-order valence-corrected chi connectivity index (χ3v) is 3.07. The van der Waals surface area contributed by atoms with E-state index in [-0.39, 0.29) is 11.9 Å². The van der Waals surface area contributed by atoms with Crippen molar-refractivity contribution in [2.24, 2.45) is 5.92 Å². The van der Waals surface area contributed by atoms with Crippen molar-refractivity contribution in [3.63, 3.8) is 0 Å². The Labute approximate surface area is 111 Å². The van der Waals surface area contributed by atoms with Crippen LogP contribution in [0.25, 0.3) is 10.9 Å². The molecule has 1 aromatic heterocycles. The Bertz CT molecular complexity index is 583. The highest BCUT2D eigenvalue weighted by atomic mass is 35.5. The van der Waals surface area contributed by atoms with Crippen LogP contribution in [0.1, 0.15) is 12.6 Å². The first-order chi connectivity index (χ1) is 8.60. The summed E-state index contributed by atoms with van der Waals surface area (Å²) in [5.74, 6) is -0.415. The third-order valence-electron chi connectivity index (χ3n) is 2.83. The first-order valence-electron chi connectivity index (χ1n) is 5.73. The summed E-state index contributed by atoms with van der Waals surface area (Å²) in [6.07, 6.45) is 0.565. The Balaban J connectivity index is 2.27. The molecule has 1 heterocycles. The maximum absolute atomic E-state index is 11.4. The van der Waals surface area contributed by atoms with Gasteiger partial charge in [0.25, 0.3) is 0 Å². The fraction of sp³-hybridized carbons (Fsp3) is 0.286. The number of methoxy groups -OCH3 is 1. The lowest BCUT2D eigenvalue weighted by molar-refractivity contribution is -0.144. The van der Waals surface area contributed by atoms with Crippen LogP contribution >= 0.6 is 11.6 Å². The van der Waals surface area contributed by atoms with Gasteiger partial charge in [0.15, 0.2) is 0 Å². The van der Waals surface area contributed by atoms with Crippen molar-refractivity contribution < 1.29 is 9.53 Å². The molecule has 0 saturated heterocycles. The van der Waals surface area contributed by atoms with Crippen LogP contribution in [0.4, 0.5) is 0 Å². The van der Waals surface area contributed by atoms with Gasteiger partial charge in [0.2, 0.25) is 0 Å². The van der Waals surface area contributed by atoms with Crippen molar-refractivity contribution in [2.75, 3.05) is 7.11 Å². The molecule has 4 heteroatoms. The Morgan fingerprint density at radius 1 is 1.39 bits per heavy atom. The van der Waals surface area contributed by atoms with Crippen molar-refractivity contribution in [2.45, 2.75) is 13.3 Å². The number of rotatable bonds is 3. The first kappa shape index (κ1) is 12.8. The Hall–Kier alpha value is -1.61. The molecule has 0 radical (unpaired) electrons. The minimum absolute atomic E-state index is 0.195. The summed E-state index contributed by atoms with van der Waals surface area (Å²) in [6.45, 7) is 1.83. The number of ether oxygens (including phenoxy) is 1. The maximum atomic E-state index is 11.4. The Morgan fingerprint density at radius 2 is 2.11 bits per heavy atom. The summed E-state index contributed by atoms with van der Waals surface area (Å²) in [4.78, 5) is 15.9. The third kappa shape index (κ3) is 2.79. The summed E-state index contributed by atoms with van der Waals surface area (Å²) in [5, 5.41) is 1.70. The monoisotopic (exact) mass is 263 g/mol. The maximum Gasteiger partial charge on any atom is 0.308 e. The molecule has 0 bridgehead atoms. The Morgan fingerprint density at radius 3 is 2.83 bits per heavy atom. The zero-order valence-corrected chi connectivity index (χ0v) is 11.1. The van der Waals surface area contributed by atoms with Gasteiger partial charge < -0.3 is 4.74 Å². The number of fused-ring (bicyclic) bond motifs is 1. The highest BCUT2D eigenvalue weighted by Crippen LogP contribution is 2.19. The number of carbonyl (C=O) groups excluding carboxylic acids is 1. The molecule has 1 unspecified atom stereocenters. The highest BCUT2D eigenvalue weighted by molar-refractivity contribution is 6.31. The average Bonchev–Trinajstić information content (AvgIpc) is 2.37. The van der Waals surface area contributed by atoms with Crippen molar-refractivity contribution in [3.8, 4) is 0 Å². The summed E-state index contributed by atoms with van der Waals surface area (Å²) >= 11 is 5.94. The molecule has 94 valence electrons. The number of esters is 1. The molecule has 1 aromatic carbocycles. The number of benzene rings is 1. The van der Waals surface area contributed by atoms with Crippen LogP contribution in [0.3, 0.4) is 0 Å². The van der Waals surface area contributed by atoms with Crippen molar-refractivity contribution in [1.82, 2.24) is 4.98 Å². The topological polar surface area (TPSA) is 39.2 Å². The van der Waals surface area contributed by atoms with Gasteiger partial charge in [-0.05, 0) is 18.2 Å². The van der Waals surface area contributed by atoms with E-state index >= 15 is 0 Å². The molecule has 0 aliphatic rings. The smallest absolute Gasteiger partial charge is 0.308 e. The minimum atomic E-state index is -0.219. The number of hydrogen-bond acceptors (Lipinski definition) is 3. The van der Waals surface area contributed by atoms with Crippen LogP contribution in [-0.4, -0.2) is 18.1 Å². The van der Waals surface area contributed by atoms with Crippen LogP contribution in [0.2, 0.25) is 5.02 Å². The van der Waals surface area contributed by atoms with Gasteiger partial charge in [0, 0.05) is 22.5 Å². The highest BCUT2D eigenvalue weighted by Gasteiger charge is 2.14. The minimum Gasteiger partial charge on any atom is -0.469 e. The average molecular weight is 264 g/mol. The predicted octanol–water partition coefficient (Wildman–Crippen LogP) is 3.24. The number of pyridine rings is 1. The largest absolute Gasteiger partial charge is 0.469 e. The fourth-order valence-electron chi connectivity index (χ4n) is 1.84. The van der Waals surface area contributed by atoms with Gasteiger partial charge >= 0.3 is 5.97 Å². The summed E-state index contributed by atoms with van der Waals surface area (Å²) < 4.78 is 4.70. The van der Waals surface area contributed by atoms with E-state index in [0.29, 0.717) is 11.4 Å². The second-order valence-corrected chi connectivity index (χ2v) is 4.70. The van der Waals surface area contributed by atoms with E-state index in [1.54, 1.807) is 0 Å². The molecule has 0 aliphatic heterocycles. The standard InChI is InChI=1S/C14H14ClNO2/c1-9(14(17)18-2)7-12-6-4-10-3-5-11(15)8-13(10)16-12/h3-6,8-9H,7H2,1-2H3. The van der Waals surface area contributed by atoms with Crippen LogP contribution < -0.4 is 0 Å². The quantitative estimate of drug-likeness (QED) is 0.798. The lowest BCUT2D eigenvalue weighted by Crippen LogP contribution is -2.15. The fourth-order valence-corrected chi connectivity index (χ4v) is 2.01. The van der Waals surface area contributed by atoms with E-state index in [9.17, 15) is 4.79 Å². The van der Waals surface area contributed by atoms with E-state index in [1.807, 2.05) is 37.3 Å². The molecule has 0 amide bonds. The zero-order chi connectivity index (χ0) is 13.1. The van der Waals surface area contributed by atoms with Gasteiger partial charge in [-0.3, -0.25) is 9.78 Å². The van der Waals surface area contributed by atoms with Gasteiger partial charge in [0.05, 0.1) is 18.5 Å². The van der Waals surface area contributed by atoms with Crippen molar-refractivity contribution in [3.05, 3.63) is 41.0 Å². The molecule has 0 saturated carbocycles. The van der Waals surface area contributed by atoms with E-state index in [1.165, 1.54) is 7.11 Å². The van der Waals surface area contributed by atoms with Gasteiger partial charge in [-0.15, -0.1) is 0 Å². The second kappa shape index (κ2) is 5.36. The molecule has 0 spiro atoms. The molecule has 2 aromatic rings. The van der Waals surface area contributed by atoms with Crippen molar-refractivity contribution >= 4 is 28.5 Å². The van der Waals surface area contributed by atoms with E-state index in [4.69, 9.17) is 16.3 Å². The molecule has 3 nitrogen and oxygen atoms in total. The molecule has 2 rings (SSSR count). The van der Waals surface area contributed by atoms with Crippen molar-refractivity contribution in [1.29, 1.82) is 0 Å². The predicted molar refractivity (Wildman–Crippen MR) is 71.6 cm³/mol. The molecular weight excluding hydrogens is 250 g/mol. The number of carbonyl (C=O) groups is 1. The normalized spacial score (nSPS) is 12.4. The van der Waals surface area contributed by atoms with Crippen LogP contribution in [0.15, 0.2) is 30.3 Å². The molecule has 18 heavy (non-hydrogen) atoms. The molecule has 0 aliphatic carbocycles. The van der Waals surface area contributed by atoms with Gasteiger partial charge in [-0.25, -0.2) is 0 Å². The lowest BCUT2D eigenvalue weighted by Gasteiger charge is -2.09. The molecular formula is C14H14ClNO2. The Kier molecular flexibility index (Phi) is 3.82. The molecule has 1 atom stereocenters. The number of hydrogen-bond donors (Lipinski definition) is 0. The van der Waals surface area contributed by atoms with Crippen LogP contribution in [0, 0.1) is 5.92 Å². The number of halogens is 1. The van der Waals surface area contributed by atoms with Gasteiger partial charge in [0.1, 0.15) is 0 Å². The summed E-state index contributed by atoms with van der Waals surface area (Å²) in [7, 11) is 1.40. The van der Waals surface area contributed by atoms with Crippen LogP contribution in [-0.2, 0) is 16.0 Å². The lowest BCUT2D eigenvalue weighted by atomic mass is 10.0. The summed E-state index contributed by atoms with van der Waals surface area (Å²) in [6, 6.07) is 9.50. The zero-order valence-electron chi connectivity index (χ0n) is 10.3. The first-order valence-corrected chi connectivity index (χ1v) is 6.11.